The Kier molecular flexibility index (Phi) is 8.79. The summed E-state index contributed by atoms with van der Waals surface area (Å²) >= 11 is 0. The first-order chi connectivity index (χ1) is 19.2. The van der Waals surface area contributed by atoms with Gasteiger partial charge in [0.2, 0.25) is 5.95 Å². The summed E-state index contributed by atoms with van der Waals surface area (Å²) in [6.45, 7) is 2.22. The number of carbonyl (C=O) groups excluding carboxylic acids is 2. The minimum Gasteiger partial charge on any atom is -0.480 e. The van der Waals surface area contributed by atoms with Crippen molar-refractivity contribution in [2.75, 3.05) is 18.0 Å². The minimum absolute atomic E-state index is 0.0354. The van der Waals surface area contributed by atoms with Crippen LogP contribution in [0.15, 0.2) is 54.7 Å². The molecule has 40 heavy (non-hydrogen) atoms. The standard InChI is InChI=1S/C28H30N8O4/c1-16-4-9-18(10-5-16)25(37)31-14-2-3-21(27(39)40)34-26(38)19-11-6-17(7-12-19)8-13-20-15-32-24-22(33-20)23(29)35-28(30)36-24/h4-7,9-12,15,21H,2-3,8,13-14H2,1H3,(H,31,37)(H,34,38)(H,39,40)(H4,29,30,32,35,36)/t21-/m0/s1. The van der Waals surface area contributed by atoms with E-state index >= 15 is 0 Å². The van der Waals surface area contributed by atoms with Gasteiger partial charge in [-0.25, -0.2) is 14.8 Å². The van der Waals surface area contributed by atoms with E-state index in [4.69, 9.17) is 11.5 Å². The van der Waals surface area contributed by atoms with Crippen molar-refractivity contribution in [3.8, 4) is 0 Å². The Labute approximate surface area is 230 Å². The van der Waals surface area contributed by atoms with E-state index in [1.54, 1.807) is 42.6 Å². The number of rotatable bonds is 11. The number of nitrogens with two attached hydrogens (primary N) is 2. The molecule has 0 fully saturated rings. The van der Waals surface area contributed by atoms with E-state index in [9.17, 15) is 19.5 Å². The Morgan fingerprint density at radius 2 is 1.57 bits per heavy atom. The molecule has 0 bridgehead atoms. The van der Waals surface area contributed by atoms with Gasteiger partial charge in [0.05, 0.1) is 11.9 Å². The first-order valence-corrected chi connectivity index (χ1v) is 12.7. The first-order valence-electron chi connectivity index (χ1n) is 12.7. The zero-order valence-electron chi connectivity index (χ0n) is 21.9. The van der Waals surface area contributed by atoms with Gasteiger partial charge in [0.15, 0.2) is 17.0 Å². The van der Waals surface area contributed by atoms with Crippen molar-refractivity contribution in [1.82, 2.24) is 30.6 Å². The highest BCUT2D eigenvalue weighted by Gasteiger charge is 2.20. The quantitative estimate of drug-likeness (QED) is 0.175. The van der Waals surface area contributed by atoms with E-state index in [-0.39, 0.29) is 30.6 Å². The summed E-state index contributed by atoms with van der Waals surface area (Å²) in [5.74, 6) is -1.66. The van der Waals surface area contributed by atoms with Gasteiger partial charge >= 0.3 is 5.97 Å². The fraction of sp³-hybridized carbons (Fsp3) is 0.250. The number of hydrogen-bond donors (Lipinski definition) is 5. The lowest BCUT2D eigenvalue weighted by atomic mass is 10.1. The molecule has 0 spiro atoms. The van der Waals surface area contributed by atoms with Crippen LogP contribution in [0.4, 0.5) is 11.8 Å². The van der Waals surface area contributed by atoms with E-state index in [1.807, 2.05) is 19.1 Å². The molecule has 4 rings (SSSR count). The van der Waals surface area contributed by atoms with Gasteiger partial charge in [-0.3, -0.25) is 9.59 Å². The van der Waals surface area contributed by atoms with Crippen LogP contribution in [-0.2, 0) is 17.6 Å². The molecule has 2 aromatic carbocycles. The molecule has 2 aromatic heterocycles. The summed E-state index contributed by atoms with van der Waals surface area (Å²) in [7, 11) is 0. The van der Waals surface area contributed by atoms with Crippen LogP contribution in [0.2, 0.25) is 0 Å². The Balaban J connectivity index is 1.26. The van der Waals surface area contributed by atoms with Crippen LogP contribution in [-0.4, -0.2) is 55.4 Å². The number of amides is 2. The van der Waals surface area contributed by atoms with Gasteiger partial charge in [0.1, 0.15) is 6.04 Å². The second-order valence-corrected chi connectivity index (χ2v) is 9.33. The van der Waals surface area contributed by atoms with Gasteiger partial charge in [0.25, 0.3) is 11.8 Å². The predicted molar refractivity (Wildman–Crippen MR) is 149 cm³/mol. The summed E-state index contributed by atoms with van der Waals surface area (Å²) in [4.78, 5) is 53.3. The number of nitrogens with one attached hydrogen (secondary N) is 2. The minimum atomic E-state index is -1.14. The summed E-state index contributed by atoms with van der Waals surface area (Å²) < 4.78 is 0. The molecule has 0 unspecified atom stereocenters. The number of aryl methyl sites for hydroxylation is 3. The number of benzene rings is 2. The molecule has 0 aliphatic rings. The molecular formula is C28H30N8O4. The molecule has 7 N–H and O–H groups in total. The molecule has 206 valence electrons. The van der Waals surface area contributed by atoms with Gasteiger partial charge < -0.3 is 27.2 Å². The van der Waals surface area contributed by atoms with E-state index in [2.05, 4.69) is 30.6 Å². The predicted octanol–water partition coefficient (Wildman–Crippen LogP) is 2.07. The SMILES string of the molecule is Cc1ccc(C(=O)NCCC[C@H](NC(=O)c2ccc(CCc3cnc4nc(N)nc(N)c4n3)cc2)C(=O)O)cc1. The third-order valence-corrected chi connectivity index (χ3v) is 6.26. The number of nitrogens with zero attached hydrogens (tertiary/aromatic N) is 4. The molecule has 2 heterocycles. The zero-order chi connectivity index (χ0) is 28.6. The van der Waals surface area contributed by atoms with Gasteiger partial charge in [-0.1, -0.05) is 29.8 Å². The highest BCUT2D eigenvalue weighted by molar-refractivity contribution is 5.96. The topological polar surface area (TPSA) is 199 Å². The molecular weight excluding hydrogens is 512 g/mol. The maximum Gasteiger partial charge on any atom is 0.326 e. The number of aromatic nitrogens is 4. The molecule has 0 saturated heterocycles. The van der Waals surface area contributed by atoms with Crippen LogP contribution in [0.5, 0.6) is 0 Å². The van der Waals surface area contributed by atoms with Gasteiger partial charge in [-0.15, -0.1) is 0 Å². The lowest BCUT2D eigenvalue weighted by molar-refractivity contribution is -0.139. The summed E-state index contributed by atoms with van der Waals surface area (Å²) in [5.41, 5.74) is 15.8. The molecule has 0 radical (unpaired) electrons. The van der Waals surface area contributed by atoms with Crippen molar-refractivity contribution in [3.63, 3.8) is 0 Å². The van der Waals surface area contributed by atoms with Crippen LogP contribution in [0, 0.1) is 6.92 Å². The molecule has 12 heteroatoms. The Bertz CT molecular complexity index is 1520. The molecule has 0 saturated carbocycles. The van der Waals surface area contributed by atoms with Crippen molar-refractivity contribution < 1.29 is 19.5 Å². The number of aliphatic carboxylic acids is 1. The third-order valence-electron chi connectivity index (χ3n) is 6.26. The van der Waals surface area contributed by atoms with Gasteiger partial charge in [-0.2, -0.15) is 9.97 Å². The Morgan fingerprint density at radius 1 is 0.900 bits per heavy atom. The number of carboxylic acids is 1. The molecule has 4 aromatic rings. The number of anilines is 2. The number of hydrogen-bond acceptors (Lipinski definition) is 9. The second kappa shape index (κ2) is 12.6. The summed E-state index contributed by atoms with van der Waals surface area (Å²) in [6, 6.07) is 13.0. The maximum absolute atomic E-state index is 12.7. The lowest BCUT2D eigenvalue weighted by Gasteiger charge is -2.15. The maximum atomic E-state index is 12.7. The Hall–Kier alpha value is -5.13. The smallest absolute Gasteiger partial charge is 0.326 e. The van der Waals surface area contributed by atoms with E-state index in [0.29, 0.717) is 47.2 Å². The Morgan fingerprint density at radius 3 is 2.27 bits per heavy atom. The van der Waals surface area contributed by atoms with E-state index < -0.39 is 17.9 Å². The normalized spacial score (nSPS) is 11.6. The molecule has 1 atom stereocenters. The fourth-order valence-electron chi connectivity index (χ4n) is 4.01. The number of fused-ring (bicyclic) bond motifs is 1. The van der Waals surface area contributed by atoms with Crippen LogP contribution in [0.1, 0.15) is 50.4 Å². The van der Waals surface area contributed by atoms with E-state index in [0.717, 1.165) is 11.1 Å². The van der Waals surface area contributed by atoms with Crippen molar-refractivity contribution in [2.45, 2.75) is 38.6 Å². The van der Waals surface area contributed by atoms with Gasteiger partial charge in [-0.05, 0) is 62.4 Å². The fourth-order valence-corrected chi connectivity index (χ4v) is 4.01. The van der Waals surface area contributed by atoms with Crippen LogP contribution >= 0.6 is 0 Å². The molecule has 0 aliphatic heterocycles. The summed E-state index contributed by atoms with van der Waals surface area (Å²) in [6.07, 6.45) is 3.36. The van der Waals surface area contributed by atoms with Crippen molar-refractivity contribution in [3.05, 3.63) is 82.7 Å². The lowest BCUT2D eigenvalue weighted by Crippen LogP contribution is -2.41. The molecule has 2 amide bonds. The average molecular weight is 543 g/mol. The molecule has 0 aliphatic carbocycles. The van der Waals surface area contributed by atoms with Gasteiger partial charge in [0, 0.05) is 17.7 Å². The largest absolute Gasteiger partial charge is 0.480 e. The van der Waals surface area contributed by atoms with Crippen LogP contribution in [0.25, 0.3) is 11.2 Å². The van der Waals surface area contributed by atoms with Crippen molar-refractivity contribution >= 4 is 40.7 Å². The first kappa shape index (κ1) is 27.9. The van der Waals surface area contributed by atoms with Crippen LogP contribution in [0.3, 0.4) is 0 Å². The highest BCUT2D eigenvalue weighted by atomic mass is 16.4. The monoisotopic (exact) mass is 542 g/mol. The zero-order valence-corrected chi connectivity index (χ0v) is 21.9. The van der Waals surface area contributed by atoms with Crippen LogP contribution < -0.4 is 22.1 Å². The summed E-state index contributed by atoms with van der Waals surface area (Å²) in [5, 5.41) is 14.9. The highest BCUT2D eigenvalue weighted by Crippen LogP contribution is 2.16. The number of carbonyl (C=O) groups is 3. The van der Waals surface area contributed by atoms with Crippen molar-refractivity contribution in [2.24, 2.45) is 0 Å². The average Bonchev–Trinajstić information content (AvgIpc) is 2.94. The molecule has 12 nitrogen and oxygen atoms in total. The third kappa shape index (κ3) is 7.25. The second-order valence-electron chi connectivity index (χ2n) is 9.33. The number of nitrogen functional groups attached to an aromatic ring is 2. The van der Waals surface area contributed by atoms with E-state index in [1.165, 1.54) is 0 Å². The number of carboxylic acid groups (broad SMARTS) is 1. The van der Waals surface area contributed by atoms with Crippen molar-refractivity contribution in [1.29, 1.82) is 0 Å².